The van der Waals surface area contributed by atoms with Crippen molar-refractivity contribution in [1.29, 1.82) is 0 Å². The Morgan fingerprint density at radius 2 is 1.27 bits per heavy atom. The lowest BCUT2D eigenvalue weighted by atomic mass is 10.5. The van der Waals surface area contributed by atoms with Crippen molar-refractivity contribution in [2.75, 3.05) is 13.2 Å². The molecule has 0 bridgehead atoms. The second-order valence-electron chi connectivity index (χ2n) is 2.46. The maximum Gasteiger partial charge on any atom is 0.424 e. The fourth-order valence-electron chi connectivity index (χ4n) is 0.539. The average molecular weight is 338 g/mol. The first kappa shape index (κ1) is 16.6. The number of rotatable bonds is 8. The minimum absolute atomic E-state index is 0.0591. The molecule has 0 rings (SSSR count). The maximum absolute atomic E-state index is 11.3. The molecule has 0 heterocycles. The molecule has 0 atom stereocenters. The molecular formula is C6H10Cl5O3P. The first-order valence-corrected chi connectivity index (χ1v) is 8.18. The lowest BCUT2D eigenvalue weighted by Crippen LogP contribution is -2.00. The second kappa shape index (κ2) is 8.66. The third-order valence-electron chi connectivity index (χ3n) is 1.16. The molecule has 0 saturated heterocycles. The summed E-state index contributed by atoms with van der Waals surface area (Å²) >= 11 is 27.2. The van der Waals surface area contributed by atoms with Gasteiger partial charge >= 0.3 is 6.95 Å². The van der Waals surface area contributed by atoms with E-state index in [-0.39, 0.29) is 13.2 Å². The van der Waals surface area contributed by atoms with Gasteiger partial charge < -0.3 is 0 Å². The molecule has 92 valence electrons. The second-order valence-corrected chi connectivity index (χ2v) is 7.63. The minimum atomic E-state index is -3.57. The van der Waals surface area contributed by atoms with E-state index in [1.807, 2.05) is 0 Å². The molecule has 0 fully saturated rings. The van der Waals surface area contributed by atoms with Gasteiger partial charge in [-0.15, -0.1) is 46.4 Å². The van der Waals surface area contributed by atoms with Crippen LogP contribution in [0.5, 0.6) is 0 Å². The van der Waals surface area contributed by atoms with Gasteiger partial charge in [0.05, 0.1) is 13.2 Å². The Bertz CT molecular complexity index is 195. The molecule has 0 N–H and O–H groups in total. The molecule has 0 saturated carbocycles. The molecule has 0 spiro atoms. The van der Waals surface area contributed by atoms with E-state index < -0.39 is 16.6 Å². The van der Waals surface area contributed by atoms with Crippen LogP contribution in [0.4, 0.5) is 0 Å². The number of alkyl halides is 4. The van der Waals surface area contributed by atoms with E-state index in [0.29, 0.717) is 12.8 Å². The first-order chi connectivity index (χ1) is 6.83. The first-order valence-electron chi connectivity index (χ1n) is 3.98. The molecule has 0 aromatic heterocycles. The summed E-state index contributed by atoms with van der Waals surface area (Å²) in [6.07, 6.45) is 0.633. The van der Waals surface area contributed by atoms with Crippen molar-refractivity contribution in [3.05, 3.63) is 0 Å². The highest BCUT2D eigenvalue weighted by Gasteiger charge is 2.21. The van der Waals surface area contributed by atoms with Crippen molar-refractivity contribution in [3.8, 4) is 0 Å². The number of hydrogen-bond acceptors (Lipinski definition) is 3. The number of hydrogen-bond donors (Lipinski definition) is 0. The highest BCUT2D eigenvalue weighted by molar-refractivity contribution is 7.81. The Morgan fingerprint density at radius 1 is 0.933 bits per heavy atom. The standard InChI is InChI=1S/C6H10Cl5O3P/c7-5(8)1-3-13-15(11,12)14-4-2-6(9)10/h5-6H,1-4H2. The quantitative estimate of drug-likeness (QED) is 0.473. The van der Waals surface area contributed by atoms with Gasteiger partial charge in [-0.25, -0.2) is 4.57 Å². The zero-order valence-electron chi connectivity index (χ0n) is 7.54. The van der Waals surface area contributed by atoms with E-state index in [2.05, 4.69) is 0 Å². The van der Waals surface area contributed by atoms with E-state index in [4.69, 9.17) is 66.7 Å². The van der Waals surface area contributed by atoms with E-state index in [0.717, 1.165) is 0 Å². The molecule has 0 radical (unpaired) electrons. The van der Waals surface area contributed by atoms with Crippen LogP contribution in [0.1, 0.15) is 12.8 Å². The molecule has 0 aliphatic carbocycles. The van der Waals surface area contributed by atoms with Crippen molar-refractivity contribution in [2.24, 2.45) is 0 Å². The van der Waals surface area contributed by atoms with Crippen molar-refractivity contribution in [3.63, 3.8) is 0 Å². The van der Waals surface area contributed by atoms with Gasteiger partial charge in [0, 0.05) is 24.1 Å². The topological polar surface area (TPSA) is 35.5 Å². The fourth-order valence-corrected chi connectivity index (χ4v) is 2.03. The molecule has 0 amide bonds. The van der Waals surface area contributed by atoms with Crippen LogP contribution >= 0.6 is 64.6 Å². The molecule has 0 aliphatic heterocycles. The summed E-state index contributed by atoms with van der Waals surface area (Å²) in [5, 5.41) is 0. The van der Waals surface area contributed by atoms with Gasteiger partial charge in [0.15, 0.2) is 0 Å². The molecule has 9 heteroatoms. The van der Waals surface area contributed by atoms with Gasteiger partial charge in [0.2, 0.25) is 0 Å². The van der Waals surface area contributed by atoms with E-state index in [9.17, 15) is 4.57 Å². The lowest BCUT2D eigenvalue weighted by molar-refractivity contribution is 0.217. The van der Waals surface area contributed by atoms with E-state index >= 15 is 0 Å². The van der Waals surface area contributed by atoms with Crippen molar-refractivity contribution >= 4 is 64.6 Å². The maximum atomic E-state index is 11.3. The summed E-state index contributed by atoms with van der Waals surface area (Å²) in [7, 11) is 0. The van der Waals surface area contributed by atoms with Gasteiger partial charge in [-0.05, 0) is 0 Å². The zero-order valence-corrected chi connectivity index (χ0v) is 12.2. The van der Waals surface area contributed by atoms with Gasteiger partial charge in [-0.1, -0.05) is 0 Å². The third kappa shape index (κ3) is 11.9. The van der Waals surface area contributed by atoms with Crippen LogP contribution in [-0.2, 0) is 13.6 Å². The van der Waals surface area contributed by atoms with Crippen molar-refractivity contribution in [1.82, 2.24) is 0 Å². The van der Waals surface area contributed by atoms with Crippen LogP contribution in [0.25, 0.3) is 0 Å². The van der Waals surface area contributed by atoms with Crippen LogP contribution in [0, 0.1) is 0 Å². The van der Waals surface area contributed by atoms with Gasteiger partial charge in [-0.2, -0.15) is 0 Å². The Morgan fingerprint density at radius 3 is 1.53 bits per heavy atom. The van der Waals surface area contributed by atoms with Gasteiger partial charge in [0.25, 0.3) is 0 Å². The van der Waals surface area contributed by atoms with Crippen LogP contribution in [0.3, 0.4) is 0 Å². The molecular weight excluding hydrogens is 328 g/mol. The third-order valence-corrected chi connectivity index (χ3v) is 3.60. The summed E-state index contributed by atoms with van der Waals surface area (Å²) < 4.78 is 20.9. The molecule has 0 aliphatic rings. The predicted molar refractivity (Wildman–Crippen MR) is 65.6 cm³/mol. The molecule has 0 unspecified atom stereocenters. The summed E-state index contributed by atoms with van der Waals surface area (Å²) in [5.41, 5.74) is 0. The fraction of sp³-hybridized carbons (Fsp3) is 1.00. The van der Waals surface area contributed by atoms with Gasteiger partial charge in [0.1, 0.15) is 9.67 Å². The summed E-state index contributed by atoms with van der Waals surface area (Å²) in [4.78, 5) is -1.17. The summed E-state index contributed by atoms with van der Waals surface area (Å²) in [6.45, 7) is -3.45. The highest BCUT2D eigenvalue weighted by Crippen LogP contribution is 2.53. The molecule has 3 nitrogen and oxygen atoms in total. The molecule has 15 heavy (non-hydrogen) atoms. The van der Waals surface area contributed by atoms with Crippen LogP contribution in [0.15, 0.2) is 0 Å². The zero-order chi connectivity index (χ0) is 11.9. The molecule has 0 aromatic carbocycles. The monoisotopic (exact) mass is 336 g/mol. The number of halogens is 5. The van der Waals surface area contributed by atoms with Crippen LogP contribution < -0.4 is 0 Å². The highest BCUT2D eigenvalue weighted by atomic mass is 35.7. The minimum Gasteiger partial charge on any atom is -0.297 e. The van der Waals surface area contributed by atoms with E-state index in [1.165, 1.54) is 0 Å². The largest absolute Gasteiger partial charge is 0.424 e. The van der Waals surface area contributed by atoms with Crippen molar-refractivity contribution in [2.45, 2.75) is 22.5 Å². The Kier molecular flexibility index (Phi) is 9.58. The summed E-state index contributed by atoms with van der Waals surface area (Å²) in [5.74, 6) is 0. The Hall–Kier alpha value is 1.60. The smallest absolute Gasteiger partial charge is 0.297 e. The van der Waals surface area contributed by atoms with Crippen molar-refractivity contribution < 1.29 is 13.6 Å². The van der Waals surface area contributed by atoms with Crippen LogP contribution in [-0.4, -0.2) is 22.9 Å². The molecule has 0 aromatic rings. The average Bonchev–Trinajstić information content (AvgIpc) is 2.01. The Balaban J connectivity index is 3.63. The summed E-state index contributed by atoms with van der Waals surface area (Å²) in [6, 6.07) is 0. The SMILES string of the molecule is O=P(Cl)(OCCC(Cl)Cl)OCCC(Cl)Cl. The van der Waals surface area contributed by atoms with E-state index in [1.54, 1.807) is 0 Å². The Labute approximate surface area is 114 Å². The normalized spacial score (nSPS) is 12.7. The lowest BCUT2D eigenvalue weighted by Gasteiger charge is -2.11. The van der Waals surface area contributed by atoms with Gasteiger partial charge in [-0.3, -0.25) is 9.05 Å². The van der Waals surface area contributed by atoms with Crippen LogP contribution in [0.2, 0.25) is 0 Å². The predicted octanol–water partition coefficient (Wildman–Crippen LogP) is 4.75.